The summed E-state index contributed by atoms with van der Waals surface area (Å²) in [6.45, 7) is 5.12. The fourth-order valence-electron chi connectivity index (χ4n) is 4.12. The van der Waals surface area contributed by atoms with Crippen LogP contribution in [0, 0.1) is 0 Å². The van der Waals surface area contributed by atoms with Crippen LogP contribution >= 0.6 is 15.9 Å². The van der Waals surface area contributed by atoms with E-state index in [1.165, 1.54) is 17.0 Å². The average molecular weight is 617 g/mol. The van der Waals surface area contributed by atoms with Gasteiger partial charge in [0.2, 0.25) is 11.8 Å². The molecular formula is C29H34BrN3O5S. The first kappa shape index (κ1) is 30.2. The van der Waals surface area contributed by atoms with Gasteiger partial charge in [0.15, 0.2) is 0 Å². The number of nitrogens with zero attached hydrogens (tertiary/aromatic N) is 2. The molecule has 0 fully saturated rings. The average Bonchev–Trinajstić information content (AvgIpc) is 2.92. The lowest BCUT2D eigenvalue weighted by Gasteiger charge is -2.33. The highest BCUT2D eigenvalue weighted by Crippen LogP contribution is 2.26. The summed E-state index contributed by atoms with van der Waals surface area (Å²) in [6, 6.07) is 21.0. The Balaban J connectivity index is 2.05. The predicted octanol–water partition coefficient (Wildman–Crippen LogP) is 4.99. The fraction of sp³-hybridized carbons (Fsp3) is 0.310. The first-order valence-electron chi connectivity index (χ1n) is 12.6. The Morgan fingerprint density at radius 2 is 1.64 bits per heavy atom. The summed E-state index contributed by atoms with van der Waals surface area (Å²) >= 11 is 3.38. The van der Waals surface area contributed by atoms with E-state index in [1.807, 2.05) is 26.8 Å². The molecule has 1 unspecified atom stereocenters. The standard InChI is InChI=1S/C29H34BrN3O5S/c1-5-27(29(35)31-21(2)3)32(19-22-10-9-11-25(18-22)38-4)28(34)20-33(24-16-14-23(30)15-17-24)39(36,37)26-12-7-6-8-13-26/h6-18,21,27H,5,19-20H2,1-4H3,(H,31,35). The number of hydrogen-bond donors (Lipinski definition) is 1. The summed E-state index contributed by atoms with van der Waals surface area (Å²) in [7, 11) is -2.55. The van der Waals surface area contributed by atoms with Crippen molar-refractivity contribution < 1.29 is 22.7 Å². The summed E-state index contributed by atoms with van der Waals surface area (Å²) in [5.74, 6) is -0.196. The Hall–Kier alpha value is -3.37. The van der Waals surface area contributed by atoms with Crippen LogP contribution in [0.4, 0.5) is 5.69 Å². The Labute approximate surface area is 239 Å². The molecule has 0 heterocycles. The third kappa shape index (κ3) is 7.83. The minimum atomic E-state index is -4.10. The maximum Gasteiger partial charge on any atom is 0.264 e. The molecule has 208 valence electrons. The molecule has 0 radical (unpaired) electrons. The van der Waals surface area contributed by atoms with Crippen molar-refractivity contribution in [2.75, 3.05) is 18.0 Å². The van der Waals surface area contributed by atoms with Crippen LogP contribution < -0.4 is 14.4 Å². The highest BCUT2D eigenvalue weighted by Gasteiger charge is 2.33. The van der Waals surface area contributed by atoms with E-state index >= 15 is 0 Å². The highest BCUT2D eigenvalue weighted by atomic mass is 79.9. The van der Waals surface area contributed by atoms with E-state index in [0.717, 1.165) is 14.3 Å². The lowest BCUT2D eigenvalue weighted by Crippen LogP contribution is -2.53. The molecule has 3 rings (SSSR count). The van der Waals surface area contributed by atoms with Crippen LogP contribution in [0.2, 0.25) is 0 Å². The zero-order valence-corrected chi connectivity index (χ0v) is 24.9. The van der Waals surface area contributed by atoms with Crippen LogP contribution in [0.5, 0.6) is 5.75 Å². The second kappa shape index (κ2) is 13.6. The second-order valence-corrected chi connectivity index (χ2v) is 12.0. The van der Waals surface area contributed by atoms with E-state index in [2.05, 4.69) is 21.2 Å². The third-order valence-corrected chi connectivity index (χ3v) is 8.35. The van der Waals surface area contributed by atoms with Crippen molar-refractivity contribution in [3.05, 3.63) is 88.9 Å². The van der Waals surface area contributed by atoms with Gasteiger partial charge in [-0.05, 0) is 74.4 Å². The zero-order valence-electron chi connectivity index (χ0n) is 22.5. The Bertz CT molecular complexity index is 1370. The molecule has 1 N–H and O–H groups in total. The van der Waals surface area contributed by atoms with Crippen molar-refractivity contribution in [2.45, 2.75) is 50.7 Å². The number of halogens is 1. The second-order valence-electron chi connectivity index (χ2n) is 9.26. The zero-order chi connectivity index (χ0) is 28.6. The van der Waals surface area contributed by atoms with Gasteiger partial charge >= 0.3 is 0 Å². The first-order chi connectivity index (χ1) is 18.6. The van der Waals surface area contributed by atoms with Gasteiger partial charge in [-0.25, -0.2) is 8.42 Å². The van der Waals surface area contributed by atoms with Crippen molar-refractivity contribution in [3.8, 4) is 5.75 Å². The van der Waals surface area contributed by atoms with Gasteiger partial charge in [0.25, 0.3) is 10.0 Å². The van der Waals surface area contributed by atoms with Gasteiger partial charge < -0.3 is 15.0 Å². The third-order valence-electron chi connectivity index (χ3n) is 6.03. The van der Waals surface area contributed by atoms with Crippen LogP contribution in [0.15, 0.2) is 88.2 Å². The van der Waals surface area contributed by atoms with Crippen LogP contribution in [0.3, 0.4) is 0 Å². The summed E-state index contributed by atoms with van der Waals surface area (Å²) in [5.41, 5.74) is 1.08. The molecule has 0 saturated heterocycles. The van der Waals surface area contributed by atoms with Crippen molar-refractivity contribution >= 4 is 43.5 Å². The van der Waals surface area contributed by atoms with Gasteiger partial charge in [0, 0.05) is 17.1 Å². The van der Waals surface area contributed by atoms with Gasteiger partial charge in [0.05, 0.1) is 17.7 Å². The van der Waals surface area contributed by atoms with Crippen LogP contribution in [-0.2, 0) is 26.2 Å². The number of hydrogen-bond acceptors (Lipinski definition) is 5. The van der Waals surface area contributed by atoms with E-state index in [9.17, 15) is 18.0 Å². The first-order valence-corrected chi connectivity index (χ1v) is 14.9. The lowest BCUT2D eigenvalue weighted by atomic mass is 10.1. The summed E-state index contributed by atoms with van der Waals surface area (Å²) in [4.78, 5) is 28.7. The largest absolute Gasteiger partial charge is 0.497 e. The minimum absolute atomic E-state index is 0.0599. The summed E-state index contributed by atoms with van der Waals surface area (Å²) in [5, 5.41) is 2.89. The molecule has 1 atom stereocenters. The number of carbonyl (C=O) groups is 2. The number of benzene rings is 3. The number of sulfonamides is 1. The molecule has 3 aromatic carbocycles. The van der Waals surface area contributed by atoms with E-state index in [1.54, 1.807) is 67.8 Å². The van der Waals surface area contributed by atoms with Gasteiger partial charge in [-0.15, -0.1) is 0 Å². The molecule has 8 nitrogen and oxygen atoms in total. The molecular weight excluding hydrogens is 582 g/mol. The fourth-order valence-corrected chi connectivity index (χ4v) is 5.82. The molecule has 0 aliphatic heterocycles. The van der Waals surface area contributed by atoms with Crippen LogP contribution in [-0.4, -0.2) is 50.9 Å². The molecule has 39 heavy (non-hydrogen) atoms. The number of rotatable bonds is 12. The molecule has 10 heteroatoms. The molecule has 0 aromatic heterocycles. The Morgan fingerprint density at radius 3 is 2.23 bits per heavy atom. The Morgan fingerprint density at radius 1 is 0.974 bits per heavy atom. The van der Waals surface area contributed by atoms with E-state index in [4.69, 9.17) is 4.74 Å². The van der Waals surface area contributed by atoms with Crippen molar-refractivity contribution in [1.82, 2.24) is 10.2 Å². The SMILES string of the molecule is CCC(C(=O)NC(C)C)N(Cc1cccc(OC)c1)C(=O)CN(c1ccc(Br)cc1)S(=O)(=O)c1ccccc1. The molecule has 0 bridgehead atoms. The van der Waals surface area contributed by atoms with E-state index in [0.29, 0.717) is 17.9 Å². The highest BCUT2D eigenvalue weighted by molar-refractivity contribution is 9.10. The predicted molar refractivity (Wildman–Crippen MR) is 156 cm³/mol. The van der Waals surface area contributed by atoms with E-state index < -0.39 is 28.5 Å². The van der Waals surface area contributed by atoms with Crippen molar-refractivity contribution in [3.63, 3.8) is 0 Å². The smallest absolute Gasteiger partial charge is 0.264 e. The number of carbonyl (C=O) groups excluding carboxylic acids is 2. The van der Waals surface area contributed by atoms with Crippen molar-refractivity contribution in [2.24, 2.45) is 0 Å². The summed E-state index contributed by atoms with van der Waals surface area (Å²) in [6.07, 6.45) is 0.345. The van der Waals surface area contributed by atoms with Gasteiger partial charge in [-0.3, -0.25) is 13.9 Å². The minimum Gasteiger partial charge on any atom is -0.497 e. The molecule has 0 aliphatic carbocycles. The number of ether oxygens (including phenoxy) is 1. The van der Waals surface area contributed by atoms with Crippen LogP contribution in [0.1, 0.15) is 32.8 Å². The molecule has 0 spiro atoms. The molecule has 0 aliphatic rings. The number of nitrogens with one attached hydrogen (secondary N) is 1. The topological polar surface area (TPSA) is 96.0 Å². The summed E-state index contributed by atoms with van der Waals surface area (Å²) < 4.78 is 34.8. The van der Waals surface area contributed by atoms with Gasteiger partial charge in [0.1, 0.15) is 18.3 Å². The van der Waals surface area contributed by atoms with E-state index in [-0.39, 0.29) is 23.4 Å². The molecule has 2 amide bonds. The quantitative estimate of drug-likeness (QED) is 0.310. The van der Waals surface area contributed by atoms with Crippen LogP contribution in [0.25, 0.3) is 0 Å². The number of anilines is 1. The molecule has 3 aromatic rings. The maximum absolute atomic E-state index is 14.0. The number of methoxy groups -OCH3 is 1. The number of amides is 2. The monoisotopic (exact) mass is 615 g/mol. The van der Waals surface area contributed by atoms with Gasteiger partial charge in [-0.1, -0.05) is 53.2 Å². The molecule has 0 saturated carbocycles. The van der Waals surface area contributed by atoms with Crippen molar-refractivity contribution in [1.29, 1.82) is 0 Å². The normalized spacial score (nSPS) is 12.1. The lowest BCUT2D eigenvalue weighted by molar-refractivity contribution is -0.140. The maximum atomic E-state index is 14.0. The Kier molecular flexibility index (Phi) is 10.5. The van der Waals surface area contributed by atoms with Gasteiger partial charge in [-0.2, -0.15) is 0 Å².